The van der Waals surface area contributed by atoms with E-state index in [0.29, 0.717) is 17.1 Å². The Bertz CT molecular complexity index is 608. The van der Waals surface area contributed by atoms with E-state index < -0.39 is 30.0 Å². The Balaban J connectivity index is 2.05. The molecule has 0 bridgehead atoms. The van der Waals surface area contributed by atoms with Crippen molar-refractivity contribution in [2.24, 2.45) is 0 Å². The minimum Gasteiger partial charge on any atom is -0.447 e. The van der Waals surface area contributed by atoms with E-state index in [9.17, 15) is 18.0 Å². The molecule has 1 amide bonds. The highest BCUT2D eigenvalue weighted by atomic mass is 35.5. The van der Waals surface area contributed by atoms with Crippen LogP contribution >= 0.6 is 11.6 Å². The smallest absolute Gasteiger partial charge is 0.436 e. The van der Waals surface area contributed by atoms with Crippen LogP contribution in [0, 0.1) is 0 Å². The highest BCUT2D eigenvalue weighted by Crippen LogP contribution is 2.30. The molecule has 0 atom stereocenters. The number of hydrogen-bond donors (Lipinski definition) is 1. The standard InChI is InChI=1S/C12H8ClF3N2O2/c13-7-1-3-8(4-2-7)18-10(19)5-9-11(12(14,15)16)17-6-20-9/h1-4,6H,5H2,(H,18,19). The Morgan fingerprint density at radius 1 is 1.30 bits per heavy atom. The maximum Gasteiger partial charge on any atom is 0.436 e. The molecule has 106 valence electrons. The second kappa shape index (κ2) is 5.54. The number of carbonyl (C=O) groups is 1. The van der Waals surface area contributed by atoms with Gasteiger partial charge in [0.1, 0.15) is 5.76 Å². The van der Waals surface area contributed by atoms with Crippen LogP contribution < -0.4 is 5.32 Å². The van der Waals surface area contributed by atoms with Gasteiger partial charge in [-0.3, -0.25) is 4.79 Å². The molecular formula is C12H8ClF3N2O2. The molecule has 0 saturated heterocycles. The third-order valence-corrected chi connectivity index (χ3v) is 2.61. The monoisotopic (exact) mass is 304 g/mol. The lowest BCUT2D eigenvalue weighted by Gasteiger charge is -2.06. The summed E-state index contributed by atoms with van der Waals surface area (Å²) in [4.78, 5) is 14.7. The van der Waals surface area contributed by atoms with Gasteiger partial charge in [-0.2, -0.15) is 13.2 Å². The van der Waals surface area contributed by atoms with Gasteiger partial charge < -0.3 is 9.73 Å². The van der Waals surface area contributed by atoms with Crippen molar-refractivity contribution < 1.29 is 22.4 Å². The van der Waals surface area contributed by atoms with Gasteiger partial charge in [0.15, 0.2) is 12.1 Å². The first kappa shape index (κ1) is 14.4. The van der Waals surface area contributed by atoms with Crippen LogP contribution in [0.2, 0.25) is 5.02 Å². The molecule has 2 aromatic rings. The number of nitrogens with one attached hydrogen (secondary N) is 1. The Morgan fingerprint density at radius 2 is 1.95 bits per heavy atom. The summed E-state index contributed by atoms with van der Waals surface area (Å²) in [6.07, 6.45) is -4.55. The van der Waals surface area contributed by atoms with E-state index >= 15 is 0 Å². The molecule has 0 saturated carbocycles. The van der Waals surface area contributed by atoms with Crippen LogP contribution in [0.5, 0.6) is 0 Å². The molecule has 0 spiro atoms. The van der Waals surface area contributed by atoms with Crippen molar-refractivity contribution in [3.05, 3.63) is 47.1 Å². The number of hydrogen-bond acceptors (Lipinski definition) is 3. The van der Waals surface area contributed by atoms with E-state index in [4.69, 9.17) is 11.6 Å². The van der Waals surface area contributed by atoms with Gasteiger partial charge in [-0.05, 0) is 24.3 Å². The Kier molecular flexibility index (Phi) is 3.99. The van der Waals surface area contributed by atoms with E-state index in [1.807, 2.05) is 0 Å². The molecule has 0 aliphatic rings. The summed E-state index contributed by atoms with van der Waals surface area (Å²) < 4.78 is 42.2. The third-order valence-electron chi connectivity index (χ3n) is 2.36. The largest absolute Gasteiger partial charge is 0.447 e. The fraction of sp³-hybridized carbons (Fsp3) is 0.167. The van der Waals surface area contributed by atoms with Crippen molar-refractivity contribution in [3.63, 3.8) is 0 Å². The lowest BCUT2D eigenvalue weighted by Crippen LogP contribution is -2.17. The van der Waals surface area contributed by atoms with Gasteiger partial charge in [0.25, 0.3) is 0 Å². The van der Waals surface area contributed by atoms with Crippen LogP contribution in [-0.2, 0) is 17.4 Å². The van der Waals surface area contributed by atoms with E-state index in [1.54, 1.807) is 12.1 Å². The maximum absolute atomic E-state index is 12.5. The molecule has 2 rings (SSSR count). The highest BCUT2D eigenvalue weighted by molar-refractivity contribution is 6.30. The summed E-state index contributed by atoms with van der Waals surface area (Å²) in [6.45, 7) is 0. The second-order valence-electron chi connectivity index (χ2n) is 3.85. The van der Waals surface area contributed by atoms with Crippen molar-refractivity contribution in [2.45, 2.75) is 12.6 Å². The van der Waals surface area contributed by atoms with Gasteiger partial charge >= 0.3 is 6.18 Å². The molecule has 0 fully saturated rings. The minimum atomic E-state index is -4.65. The molecule has 1 heterocycles. The van der Waals surface area contributed by atoms with Crippen molar-refractivity contribution in [1.82, 2.24) is 4.98 Å². The van der Waals surface area contributed by atoms with Crippen LogP contribution in [0.1, 0.15) is 11.5 Å². The summed E-state index contributed by atoms with van der Waals surface area (Å²) >= 11 is 5.67. The zero-order valence-electron chi connectivity index (χ0n) is 9.87. The van der Waals surface area contributed by atoms with Gasteiger partial charge in [-0.25, -0.2) is 4.98 Å². The first-order chi connectivity index (χ1) is 9.36. The van der Waals surface area contributed by atoms with Crippen LogP contribution in [-0.4, -0.2) is 10.9 Å². The predicted molar refractivity (Wildman–Crippen MR) is 65.3 cm³/mol. The van der Waals surface area contributed by atoms with E-state index in [-0.39, 0.29) is 0 Å². The summed E-state index contributed by atoms with van der Waals surface area (Å²) in [5.41, 5.74) is -0.767. The van der Waals surface area contributed by atoms with Crippen molar-refractivity contribution in [2.75, 3.05) is 5.32 Å². The molecular weight excluding hydrogens is 297 g/mol. The number of nitrogens with zero attached hydrogens (tertiary/aromatic N) is 1. The fourth-order valence-electron chi connectivity index (χ4n) is 1.51. The first-order valence-electron chi connectivity index (χ1n) is 5.41. The topological polar surface area (TPSA) is 55.1 Å². The first-order valence-corrected chi connectivity index (χ1v) is 5.79. The SMILES string of the molecule is O=C(Cc1ocnc1C(F)(F)F)Nc1ccc(Cl)cc1. The Labute approximate surface area is 116 Å². The van der Waals surface area contributed by atoms with Crippen molar-refractivity contribution in [3.8, 4) is 0 Å². The number of halogens is 4. The molecule has 8 heteroatoms. The minimum absolute atomic E-state index is 0.424. The summed E-state index contributed by atoms with van der Waals surface area (Å²) in [5.74, 6) is -1.17. The van der Waals surface area contributed by atoms with Crippen molar-refractivity contribution in [1.29, 1.82) is 0 Å². The second-order valence-corrected chi connectivity index (χ2v) is 4.29. The average molecular weight is 305 g/mol. The summed E-state index contributed by atoms with van der Waals surface area (Å²) in [5, 5.41) is 2.92. The zero-order valence-corrected chi connectivity index (χ0v) is 10.6. The Hall–Kier alpha value is -2.02. The summed E-state index contributed by atoms with van der Waals surface area (Å²) in [6, 6.07) is 6.16. The summed E-state index contributed by atoms with van der Waals surface area (Å²) in [7, 11) is 0. The van der Waals surface area contributed by atoms with Crippen LogP contribution in [0.25, 0.3) is 0 Å². The van der Waals surface area contributed by atoms with Gasteiger partial charge in [0, 0.05) is 10.7 Å². The maximum atomic E-state index is 12.5. The number of carbonyl (C=O) groups excluding carboxylic acids is 1. The lowest BCUT2D eigenvalue weighted by atomic mass is 10.2. The Morgan fingerprint density at radius 3 is 2.55 bits per heavy atom. The van der Waals surface area contributed by atoms with E-state index in [1.165, 1.54) is 12.1 Å². The number of oxazole rings is 1. The molecule has 4 nitrogen and oxygen atoms in total. The highest BCUT2D eigenvalue weighted by Gasteiger charge is 2.37. The van der Waals surface area contributed by atoms with Crippen LogP contribution in [0.4, 0.5) is 18.9 Å². The fourth-order valence-corrected chi connectivity index (χ4v) is 1.64. The average Bonchev–Trinajstić information content (AvgIpc) is 2.80. The van der Waals surface area contributed by atoms with Gasteiger partial charge in [-0.15, -0.1) is 0 Å². The quantitative estimate of drug-likeness (QED) is 0.944. The molecule has 0 radical (unpaired) electrons. The lowest BCUT2D eigenvalue weighted by molar-refractivity contribution is -0.142. The molecule has 0 aliphatic carbocycles. The van der Waals surface area contributed by atoms with E-state index in [0.717, 1.165) is 0 Å². The molecule has 1 N–H and O–H groups in total. The number of benzene rings is 1. The van der Waals surface area contributed by atoms with Crippen LogP contribution in [0.15, 0.2) is 35.1 Å². The number of rotatable bonds is 3. The normalized spacial score (nSPS) is 11.4. The number of amides is 1. The molecule has 0 unspecified atom stereocenters. The van der Waals surface area contributed by atoms with Gasteiger partial charge in [0.2, 0.25) is 5.91 Å². The van der Waals surface area contributed by atoms with Gasteiger partial charge in [-0.1, -0.05) is 11.6 Å². The molecule has 1 aromatic carbocycles. The predicted octanol–water partition coefficient (Wildman–Crippen LogP) is 3.53. The molecule has 1 aromatic heterocycles. The zero-order chi connectivity index (χ0) is 14.8. The van der Waals surface area contributed by atoms with E-state index in [2.05, 4.69) is 14.7 Å². The third kappa shape index (κ3) is 3.51. The van der Waals surface area contributed by atoms with Crippen molar-refractivity contribution >= 4 is 23.2 Å². The molecule has 20 heavy (non-hydrogen) atoms. The number of aromatic nitrogens is 1. The van der Waals surface area contributed by atoms with Gasteiger partial charge in [0.05, 0.1) is 6.42 Å². The number of anilines is 1. The molecule has 0 aliphatic heterocycles. The van der Waals surface area contributed by atoms with Crippen LogP contribution in [0.3, 0.4) is 0 Å². The number of alkyl halides is 3.